The van der Waals surface area contributed by atoms with Gasteiger partial charge >= 0.3 is 0 Å². The number of carbonyl (C=O) groups is 1. The fourth-order valence-electron chi connectivity index (χ4n) is 5.29. The first-order valence-corrected chi connectivity index (χ1v) is 16.9. The summed E-state index contributed by atoms with van der Waals surface area (Å²) in [7, 11) is 0. The molecule has 0 heterocycles. The van der Waals surface area contributed by atoms with Crippen LogP contribution in [-0.4, -0.2) is 65.5 Å². The van der Waals surface area contributed by atoms with E-state index >= 15 is 0 Å². The summed E-state index contributed by atoms with van der Waals surface area (Å²) in [5.74, 6) is 0.337. The number of phenols is 2. The summed E-state index contributed by atoms with van der Waals surface area (Å²) in [6.45, 7) is 17.0. The second-order valence-corrected chi connectivity index (χ2v) is 14.3. The van der Waals surface area contributed by atoms with Crippen molar-refractivity contribution >= 4 is 23.8 Å². The number of Topliss-reactive ketones (excluding diaryl/α,β-unsaturated/α-hetero) is 1. The van der Waals surface area contributed by atoms with Crippen LogP contribution in [0.1, 0.15) is 76.6 Å². The summed E-state index contributed by atoms with van der Waals surface area (Å²) >= 11 is 0. The zero-order valence-electron chi connectivity index (χ0n) is 30.4. The Bertz CT molecular complexity index is 1610. The molecule has 0 amide bonds. The average molecular weight is 727 g/mol. The third-order valence-electron chi connectivity index (χ3n) is 8.27. The van der Waals surface area contributed by atoms with Crippen molar-refractivity contribution in [1.29, 1.82) is 0 Å². The van der Waals surface area contributed by atoms with E-state index in [9.17, 15) is 20.3 Å². The Morgan fingerprint density at radius 3 is 1.76 bits per heavy atom. The Balaban J connectivity index is 0.000000340. The first-order chi connectivity index (χ1) is 23.2. The van der Waals surface area contributed by atoms with Gasteiger partial charge in [0.25, 0.3) is 0 Å². The van der Waals surface area contributed by atoms with Crippen molar-refractivity contribution in [3.05, 3.63) is 113 Å². The summed E-state index contributed by atoms with van der Waals surface area (Å²) in [5, 5.41) is 32.3. The predicted molar refractivity (Wildman–Crippen MR) is 201 cm³/mol. The molecule has 50 heavy (non-hydrogen) atoms. The van der Waals surface area contributed by atoms with Crippen molar-refractivity contribution in [1.82, 2.24) is 5.32 Å². The van der Waals surface area contributed by atoms with Crippen molar-refractivity contribution < 1.29 is 41.9 Å². The Morgan fingerprint density at radius 1 is 0.800 bits per heavy atom. The van der Waals surface area contributed by atoms with Gasteiger partial charge in [-0.3, -0.25) is 20.0 Å². The summed E-state index contributed by atoms with van der Waals surface area (Å²) in [4.78, 5) is 26.8. The monoisotopic (exact) mass is 726 g/mol. The van der Waals surface area contributed by atoms with Gasteiger partial charge in [0, 0.05) is 64.4 Å². The summed E-state index contributed by atoms with van der Waals surface area (Å²) in [6, 6.07) is 22.5. The largest absolute Gasteiger partial charge is 0.507 e. The van der Waals surface area contributed by atoms with E-state index in [4.69, 9.17) is 4.89 Å². The van der Waals surface area contributed by atoms with Gasteiger partial charge in [-0.25, -0.2) is 4.89 Å². The van der Waals surface area contributed by atoms with Crippen LogP contribution in [0.2, 0.25) is 0 Å². The second-order valence-electron chi connectivity index (χ2n) is 14.3. The van der Waals surface area contributed by atoms with Crippen LogP contribution in [0.3, 0.4) is 0 Å². The molecule has 0 aliphatic heterocycles. The number of aliphatic imine (C=N–C) groups is 2. The fraction of sp³-hybridized carbons (Fsp3) is 0.390. The molecule has 3 aromatic rings. The Kier molecular flexibility index (Phi) is 16.5. The van der Waals surface area contributed by atoms with Gasteiger partial charge in [-0.15, -0.1) is 0 Å². The summed E-state index contributed by atoms with van der Waals surface area (Å²) in [5.41, 5.74) is 2.85. The van der Waals surface area contributed by atoms with Crippen molar-refractivity contribution in [3.8, 4) is 11.5 Å². The van der Waals surface area contributed by atoms with Gasteiger partial charge in [0.2, 0.25) is 0 Å². The third-order valence-corrected chi connectivity index (χ3v) is 8.27. The van der Waals surface area contributed by atoms with Crippen molar-refractivity contribution in [3.63, 3.8) is 0 Å². The third kappa shape index (κ3) is 11.9. The number of carbonyl (C=O) groups excluding carboxylic acids is 1. The maximum atomic E-state index is 13.2. The number of phenolic OH excluding ortho intramolecular Hbond substituents is 2. The number of rotatable bonds is 12. The molecule has 1 atom stereocenters. The normalized spacial score (nSPS) is 16.4. The molecular weight excluding hydrogens is 673 g/mol. The van der Waals surface area contributed by atoms with E-state index in [0.717, 1.165) is 66.8 Å². The zero-order chi connectivity index (χ0) is 36.1. The number of allylic oxidation sites excluding steroid dienone is 2. The van der Waals surface area contributed by atoms with Crippen LogP contribution in [0.25, 0.3) is 5.57 Å². The Labute approximate surface area is 308 Å². The number of hydrogen-bond acceptors (Lipinski definition) is 8. The molecule has 0 spiro atoms. The molecule has 0 saturated carbocycles. The van der Waals surface area contributed by atoms with Crippen LogP contribution in [-0.2, 0) is 26.5 Å². The molecule has 1 aliphatic rings. The van der Waals surface area contributed by atoms with Gasteiger partial charge in [0.05, 0.1) is 0 Å². The van der Waals surface area contributed by atoms with E-state index in [1.165, 1.54) is 0 Å². The number of para-hydroxylation sites is 2. The molecule has 9 heteroatoms. The molecule has 3 aromatic carbocycles. The standard InChI is InChI=1S/C21H28O3.C20H25N3O2.Co/c1-14-9-8-10-15(11-14)16-12-17(19(2,3)4)18(22)21(13-16,24-23)20(5,6)7;24-19-9-3-1-7-17(19)15-22-13-5-11-21-12-6-14-23-16-18-8-2-4-10-20(18)25;/h8-13,23H,1-7H3;1-4,7-10,15-16,21,24-25H,5-6,11-14H2;. The van der Waals surface area contributed by atoms with Gasteiger partial charge in [-0.1, -0.05) is 95.6 Å². The number of nitrogens with zero attached hydrogens (tertiary/aromatic N) is 2. The first kappa shape index (κ1) is 42.3. The Morgan fingerprint density at radius 2 is 1.32 bits per heavy atom. The van der Waals surface area contributed by atoms with Crippen LogP contribution in [0.15, 0.2) is 101 Å². The minimum atomic E-state index is -1.40. The maximum absolute atomic E-state index is 13.2. The second kappa shape index (κ2) is 19.5. The van der Waals surface area contributed by atoms with E-state index in [-0.39, 0.29) is 39.5 Å². The molecule has 1 aliphatic carbocycles. The van der Waals surface area contributed by atoms with Crippen LogP contribution < -0.4 is 5.32 Å². The van der Waals surface area contributed by atoms with E-state index in [1.54, 1.807) is 42.8 Å². The minimum Gasteiger partial charge on any atom is -0.507 e. The number of ketones is 1. The zero-order valence-corrected chi connectivity index (χ0v) is 31.4. The van der Waals surface area contributed by atoms with Crippen LogP contribution in [0, 0.1) is 17.8 Å². The summed E-state index contributed by atoms with van der Waals surface area (Å²) in [6.07, 6.45) is 9.02. The molecule has 1 radical (unpaired) electrons. The van der Waals surface area contributed by atoms with Gasteiger partial charge in [0.1, 0.15) is 11.5 Å². The fourth-order valence-corrected chi connectivity index (χ4v) is 5.29. The Hall–Kier alpha value is -3.86. The van der Waals surface area contributed by atoms with Crippen LogP contribution in [0.5, 0.6) is 11.5 Å². The van der Waals surface area contributed by atoms with Gasteiger partial charge in [-0.05, 0) is 85.8 Å². The van der Waals surface area contributed by atoms with E-state index in [0.29, 0.717) is 5.57 Å². The minimum absolute atomic E-state index is 0. The quantitative estimate of drug-likeness (QED) is 0.0646. The first-order valence-electron chi connectivity index (χ1n) is 16.9. The van der Waals surface area contributed by atoms with Gasteiger partial charge < -0.3 is 15.5 Å². The van der Waals surface area contributed by atoms with E-state index in [2.05, 4.69) is 21.4 Å². The smallest absolute Gasteiger partial charge is 0.199 e. The predicted octanol–water partition coefficient (Wildman–Crippen LogP) is 8.21. The van der Waals surface area contributed by atoms with E-state index in [1.807, 2.05) is 97.0 Å². The SMILES string of the molecule is Cc1cccc(C2=CC(OO)(C(C)(C)C)C(=O)C(C(C)(C)C)=C2)c1.Oc1ccccc1C=NCCCNCCCN=Cc1ccccc1O.[Co]. The molecule has 0 aromatic heterocycles. The van der Waals surface area contributed by atoms with Gasteiger partial charge in [-0.2, -0.15) is 0 Å². The summed E-state index contributed by atoms with van der Waals surface area (Å²) < 4.78 is 0. The van der Waals surface area contributed by atoms with Crippen molar-refractivity contribution in [2.75, 3.05) is 26.2 Å². The van der Waals surface area contributed by atoms with E-state index < -0.39 is 11.0 Å². The molecule has 1 unspecified atom stereocenters. The topological polar surface area (TPSA) is 124 Å². The number of nitrogens with one attached hydrogen (secondary N) is 1. The molecule has 0 saturated heterocycles. The van der Waals surface area contributed by atoms with Crippen molar-refractivity contribution in [2.45, 2.75) is 66.9 Å². The molecular formula is C41H53CoN3O5. The molecule has 0 bridgehead atoms. The van der Waals surface area contributed by atoms with Gasteiger partial charge in [0.15, 0.2) is 11.4 Å². The molecule has 8 nitrogen and oxygen atoms in total. The molecule has 4 N–H and O–H groups in total. The number of hydrogen-bond donors (Lipinski definition) is 4. The molecule has 0 fully saturated rings. The maximum Gasteiger partial charge on any atom is 0.199 e. The number of aromatic hydroxyl groups is 2. The van der Waals surface area contributed by atoms with Crippen LogP contribution in [0.4, 0.5) is 0 Å². The molecule has 4 rings (SSSR count). The number of benzene rings is 3. The van der Waals surface area contributed by atoms with Crippen molar-refractivity contribution in [2.24, 2.45) is 20.8 Å². The molecule has 271 valence electrons. The number of aryl methyl sites for hydroxylation is 1. The van der Waals surface area contributed by atoms with Crippen LogP contribution >= 0.6 is 0 Å². The average Bonchev–Trinajstić information content (AvgIpc) is 3.04.